The molecule has 3 aromatic rings. The van der Waals surface area contributed by atoms with Crippen LogP contribution in [-0.4, -0.2) is 47.7 Å². The summed E-state index contributed by atoms with van der Waals surface area (Å²) in [6.45, 7) is -0.630. The Kier molecular flexibility index (Phi) is 6.68. The molecule has 0 amide bonds. The second-order valence-electron chi connectivity index (χ2n) is 9.23. The largest absolute Gasteiger partial charge is 0.495 e. The van der Waals surface area contributed by atoms with Crippen LogP contribution < -0.4 is 15.2 Å². The van der Waals surface area contributed by atoms with Gasteiger partial charge in [0.15, 0.2) is 11.4 Å². The van der Waals surface area contributed by atoms with Crippen molar-refractivity contribution in [2.75, 3.05) is 20.3 Å². The van der Waals surface area contributed by atoms with Crippen molar-refractivity contribution in [2.45, 2.75) is 23.5 Å². The molecule has 37 heavy (non-hydrogen) atoms. The van der Waals surface area contributed by atoms with Gasteiger partial charge in [0.25, 0.3) is 6.43 Å². The molecule has 0 radical (unpaired) electrons. The molecule has 1 aromatic heterocycles. The lowest BCUT2D eigenvalue weighted by Crippen LogP contribution is -2.51. The molecule has 0 unspecified atom stereocenters. The maximum Gasteiger partial charge on any atom is 0.294 e. The molecule has 194 valence electrons. The second-order valence-corrected chi connectivity index (χ2v) is 10.1. The zero-order valence-electron chi connectivity index (χ0n) is 19.9. The maximum atomic E-state index is 13.3. The Hall–Kier alpha value is -3.08. The molecule has 1 aliphatic heterocycles. The molecular formula is C27H26BrF2N3O4. The van der Waals surface area contributed by atoms with Crippen molar-refractivity contribution < 1.29 is 28.5 Å². The molecular weight excluding hydrogens is 548 g/mol. The van der Waals surface area contributed by atoms with Gasteiger partial charge in [-0.05, 0) is 23.3 Å². The van der Waals surface area contributed by atoms with Crippen molar-refractivity contribution in [2.24, 2.45) is 22.6 Å². The van der Waals surface area contributed by atoms with E-state index in [2.05, 4.69) is 25.9 Å². The van der Waals surface area contributed by atoms with Gasteiger partial charge in [0.2, 0.25) is 0 Å². The predicted octanol–water partition coefficient (Wildman–Crippen LogP) is 3.97. The zero-order chi connectivity index (χ0) is 26.4. The summed E-state index contributed by atoms with van der Waals surface area (Å²) in [7, 11) is 1.45. The van der Waals surface area contributed by atoms with Crippen molar-refractivity contribution in [1.29, 1.82) is 0 Å². The van der Waals surface area contributed by atoms with Crippen LogP contribution in [0.2, 0.25) is 0 Å². The monoisotopic (exact) mass is 573 g/mol. The number of methoxy groups -OCH3 is 1. The number of ether oxygens (including phenoxy) is 2. The first-order valence-electron chi connectivity index (χ1n) is 11.7. The first kappa shape index (κ1) is 25.6. The number of hydrogen-bond donors (Lipinski definition) is 3. The van der Waals surface area contributed by atoms with E-state index in [0.29, 0.717) is 16.9 Å². The number of amidine groups is 1. The van der Waals surface area contributed by atoms with E-state index < -0.39 is 41.2 Å². The van der Waals surface area contributed by atoms with Crippen LogP contribution in [0.15, 0.2) is 76.5 Å². The van der Waals surface area contributed by atoms with Crippen LogP contribution in [0, 0.1) is 11.8 Å². The Morgan fingerprint density at radius 1 is 1.19 bits per heavy atom. The molecule has 0 spiro atoms. The maximum absolute atomic E-state index is 13.3. The highest BCUT2D eigenvalue weighted by molar-refractivity contribution is 9.10. The number of benzene rings is 2. The highest BCUT2D eigenvalue weighted by atomic mass is 79.9. The third kappa shape index (κ3) is 3.72. The van der Waals surface area contributed by atoms with Crippen LogP contribution in [0.25, 0.3) is 0 Å². The average Bonchev–Trinajstić information content (AvgIpc) is 3.29. The lowest BCUT2D eigenvalue weighted by atomic mass is 9.70. The van der Waals surface area contributed by atoms with Gasteiger partial charge in [-0.2, -0.15) is 0 Å². The standard InChI is InChI=1S/C27H26BrF2N3O4/c1-36-20-12-32-13-21-23(20)26(35)19(11-33-25(31)24(29)30)18(14-34)22(15-5-3-2-4-6-15)27(26,37-21)16-7-9-17(28)10-8-16/h2-10,12-13,18-19,22,24,34-35H,11,14H2,1H3,(H2,31,33)/t18-,19-,22+,26+,27-/m0/s1. The molecule has 2 aliphatic rings. The smallest absolute Gasteiger partial charge is 0.294 e. The van der Waals surface area contributed by atoms with Gasteiger partial charge in [-0.15, -0.1) is 0 Å². The molecule has 1 saturated carbocycles. The van der Waals surface area contributed by atoms with Crippen molar-refractivity contribution in [3.05, 3.63) is 88.2 Å². The number of rotatable bonds is 7. The molecule has 5 rings (SSSR count). The number of fused-ring (bicyclic) bond motifs is 3. The number of alkyl halides is 2. The van der Waals surface area contributed by atoms with E-state index in [-0.39, 0.29) is 18.9 Å². The molecule has 2 heterocycles. The predicted molar refractivity (Wildman–Crippen MR) is 137 cm³/mol. The SMILES string of the molecule is COc1cncc2c1[C@]1(O)[C@@H](CN=C(N)C(F)F)[C@H](CO)[C@@H](c3ccccc3)[C@]1(c1ccc(Br)cc1)O2. The number of nitrogens with two attached hydrogens (primary N) is 1. The number of aliphatic imine (C=N–C) groups is 1. The normalized spacial score (nSPS) is 28.6. The summed E-state index contributed by atoms with van der Waals surface area (Å²) in [5.41, 5.74) is 3.95. The van der Waals surface area contributed by atoms with E-state index in [0.717, 1.165) is 10.0 Å². The Bertz CT molecular complexity index is 1310. The summed E-state index contributed by atoms with van der Waals surface area (Å²) in [4.78, 5) is 8.18. The second kappa shape index (κ2) is 9.66. The Morgan fingerprint density at radius 2 is 1.89 bits per heavy atom. The van der Waals surface area contributed by atoms with Crippen molar-refractivity contribution in [3.63, 3.8) is 0 Å². The fraction of sp³-hybridized carbons (Fsp3) is 0.333. The van der Waals surface area contributed by atoms with E-state index in [9.17, 15) is 19.0 Å². The highest BCUT2D eigenvalue weighted by Crippen LogP contribution is 2.71. The molecule has 2 aromatic carbocycles. The van der Waals surface area contributed by atoms with Crippen molar-refractivity contribution in [3.8, 4) is 11.5 Å². The van der Waals surface area contributed by atoms with Crippen LogP contribution in [0.5, 0.6) is 11.5 Å². The number of nitrogens with zero attached hydrogens (tertiary/aromatic N) is 2. The number of pyridine rings is 1. The average molecular weight is 574 g/mol. The van der Waals surface area contributed by atoms with Gasteiger partial charge in [0.1, 0.15) is 17.1 Å². The molecule has 0 saturated heterocycles. The molecule has 4 N–H and O–H groups in total. The van der Waals surface area contributed by atoms with E-state index in [1.54, 1.807) is 0 Å². The molecule has 10 heteroatoms. The molecule has 0 bridgehead atoms. The van der Waals surface area contributed by atoms with Gasteiger partial charge in [0.05, 0.1) is 25.1 Å². The van der Waals surface area contributed by atoms with Gasteiger partial charge in [-0.25, -0.2) is 8.78 Å². The van der Waals surface area contributed by atoms with Crippen molar-refractivity contribution >= 4 is 21.8 Å². The van der Waals surface area contributed by atoms with E-state index in [4.69, 9.17) is 15.2 Å². The Balaban J connectivity index is 1.85. The number of aliphatic hydroxyl groups excluding tert-OH is 1. The minimum absolute atomic E-state index is 0.270. The topological polar surface area (TPSA) is 110 Å². The minimum atomic E-state index is -2.95. The summed E-state index contributed by atoms with van der Waals surface area (Å²) in [5, 5.41) is 23.7. The Labute approximate surface area is 221 Å². The number of hydrogen-bond acceptors (Lipinski definition) is 6. The molecule has 1 fully saturated rings. The van der Waals surface area contributed by atoms with Gasteiger partial charge in [-0.1, -0.05) is 58.4 Å². The Morgan fingerprint density at radius 3 is 2.51 bits per heavy atom. The fourth-order valence-corrected chi connectivity index (χ4v) is 6.41. The summed E-state index contributed by atoms with van der Waals surface area (Å²) in [6, 6.07) is 16.7. The third-order valence-corrected chi connectivity index (χ3v) is 8.10. The van der Waals surface area contributed by atoms with Gasteiger partial charge >= 0.3 is 0 Å². The van der Waals surface area contributed by atoms with Gasteiger partial charge < -0.3 is 25.4 Å². The lowest BCUT2D eigenvalue weighted by molar-refractivity contribution is -0.127. The first-order valence-corrected chi connectivity index (χ1v) is 12.5. The van der Waals surface area contributed by atoms with Gasteiger partial charge in [-0.3, -0.25) is 9.98 Å². The number of aromatic nitrogens is 1. The van der Waals surface area contributed by atoms with Crippen LogP contribution in [0.4, 0.5) is 8.78 Å². The zero-order valence-corrected chi connectivity index (χ0v) is 21.5. The summed E-state index contributed by atoms with van der Waals surface area (Å²) in [5.74, 6) is -2.37. The van der Waals surface area contributed by atoms with Crippen LogP contribution >= 0.6 is 15.9 Å². The summed E-state index contributed by atoms with van der Waals surface area (Å²) in [6.07, 6.45) is 0.0178. The summed E-state index contributed by atoms with van der Waals surface area (Å²) < 4.78 is 39.7. The highest BCUT2D eigenvalue weighted by Gasteiger charge is 2.76. The lowest BCUT2D eigenvalue weighted by Gasteiger charge is -2.41. The molecule has 5 atom stereocenters. The number of aliphatic hydroxyl groups is 2. The molecule has 1 aliphatic carbocycles. The van der Waals surface area contributed by atoms with Crippen LogP contribution in [0.3, 0.4) is 0 Å². The first-order chi connectivity index (χ1) is 17.8. The number of halogens is 3. The van der Waals surface area contributed by atoms with E-state index in [1.165, 1.54) is 19.5 Å². The van der Waals surface area contributed by atoms with E-state index in [1.807, 2.05) is 54.6 Å². The quantitative estimate of drug-likeness (QED) is 0.291. The third-order valence-electron chi connectivity index (χ3n) is 7.57. The van der Waals surface area contributed by atoms with Gasteiger partial charge in [0, 0.05) is 35.4 Å². The summed E-state index contributed by atoms with van der Waals surface area (Å²) >= 11 is 3.46. The van der Waals surface area contributed by atoms with Crippen molar-refractivity contribution in [1.82, 2.24) is 4.98 Å². The van der Waals surface area contributed by atoms with Crippen LogP contribution in [-0.2, 0) is 11.2 Å². The van der Waals surface area contributed by atoms with Crippen LogP contribution in [0.1, 0.15) is 22.6 Å². The molecule has 7 nitrogen and oxygen atoms in total. The van der Waals surface area contributed by atoms with E-state index >= 15 is 0 Å². The fourth-order valence-electron chi connectivity index (χ4n) is 6.14. The minimum Gasteiger partial charge on any atom is -0.495 e.